The average molecular weight is 271 g/mol. The van der Waals surface area contributed by atoms with Crippen LogP contribution in [0.4, 0.5) is 0 Å². The Morgan fingerprint density at radius 1 is 1.11 bits per heavy atom. The second kappa shape index (κ2) is 4.83. The van der Waals surface area contributed by atoms with Crippen molar-refractivity contribution in [3.8, 4) is 0 Å². The van der Waals surface area contributed by atoms with Gasteiger partial charge in [-0.05, 0) is 18.2 Å². The Kier molecular flexibility index (Phi) is 3.02. The summed E-state index contributed by atoms with van der Waals surface area (Å²) in [7, 11) is 0. The minimum atomic E-state index is -1.44. The summed E-state index contributed by atoms with van der Waals surface area (Å²) >= 11 is -1.44. The summed E-state index contributed by atoms with van der Waals surface area (Å²) in [5.41, 5.74) is -0.336. The molecule has 5 nitrogen and oxygen atoms in total. The standard InChI is InChI=1S/C13H9N3O2S/c17-12-11-8-14-7-6-10(11)13(16-15-12)19(18)9-4-2-1-3-5-9/h1-8H,(H,15,17). The number of aromatic nitrogens is 3. The van der Waals surface area contributed by atoms with E-state index in [0.717, 1.165) is 0 Å². The highest BCUT2D eigenvalue weighted by molar-refractivity contribution is 7.91. The summed E-state index contributed by atoms with van der Waals surface area (Å²) in [6, 6.07) is 10.6. The van der Waals surface area contributed by atoms with Gasteiger partial charge in [0.1, 0.15) is 0 Å². The van der Waals surface area contributed by atoms with Crippen LogP contribution in [0.25, 0.3) is 10.8 Å². The van der Waals surface area contributed by atoms with Gasteiger partial charge in [-0.15, -0.1) is 5.10 Å². The van der Waals surface area contributed by atoms with Crippen LogP contribution in [0.3, 0.4) is 0 Å². The first-order valence-corrected chi connectivity index (χ1v) is 6.71. The number of hydrogen-bond donors (Lipinski definition) is 1. The van der Waals surface area contributed by atoms with Gasteiger partial charge in [0, 0.05) is 23.6 Å². The minimum Gasteiger partial charge on any atom is -0.605 e. The fraction of sp³-hybridized carbons (Fsp3) is 0. The van der Waals surface area contributed by atoms with Crippen molar-refractivity contribution >= 4 is 21.9 Å². The van der Waals surface area contributed by atoms with E-state index in [-0.39, 0.29) is 5.56 Å². The maximum Gasteiger partial charge on any atom is 0.275 e. The van der Waals surface area contributed by atoms with Crippen molar-refractivity contribution in [3.63, 3.8) is 0 Å². The van der Waals surface area contributed by atoms with Crippen molar-refractivity contribution in [1.82, 2.24) is 15.2 Å². The van der Waals surface area contributed by atoms with E-state index in [0.29, 0.717) is 20.7 Å². The SMILES string of the molecule is O=c1[nH]nc([S+]([O-])c2ccccc2)c2ccncc12. The Balaban J connectivity index is 2.21. The van der Waals surface area contributed by atoms with E-state index in [1.807, 2.05) is 18.2 Å². The molecule has 3 rings (SSSR count). The molecule has 0 fully saturated rings. The van der Waals surface area contributed by atoms with Gasteiger partial charge in [-0.25, -0.2) is 5.10 Å². The van der Waals surface area contributed by atoms with E-state index < -0.39 is 11.2 Å². The largest absolute Gasteiger partial charge is 0.605 e. The number of H-pyrrole nitrogens is 1. The van der Waals surface area contributed by atoms with E-state index in [1.165, 1.54) is 6.20 Å². The number of rotatable bonds is 2. The molecule has 0 bridgehead atoms. The van der Waals surface area contributed by atoms with E-state index in [1.54, 1.807) is 24.4 Å². The van der Waals surface area contributed by atoms with Crippen molar-refractivity contribution < 1.29 is 4.55 Å². The summed E-state index contributed by atoms with van der Waals surface area (Å²) in [6.07, 6.45) is 3.00. The monoisotopic (exact) mass is 271 g/mol. The van der Waals surface area contributed by atoms with Gasteiger partial charge in [0.05, 0.1) is 10.8 Å². The molecule has 0 aliphatic rings. The molecule has 2 heterocycles. The molecule has 0 amide bonds. The third kappa shape index (κ3) is 2.11. The Labute approximate surface area is 111 Å². The first kappa shape index (κ1) is 11.9. The molecule has 0 saturated heterocycles. The molecule has 19 heavy (non-hydrogen) atoms. The summed E-state index contributed by atoms with van der Waals surface area (Å²) in [6.45, 7) is 0. The normalized spacial score (nSPS) is 12.5. The Hall–Kier alpha value is -2.18. The smallest absolute Gasteiger partial charge is 0.275 e. The maximum atomic E-state index is 12.5. The fourth-order valence-electron chi connectivity index (χ4n) is 1.78. The highest BCUT2D eigenvalue weighted by Crippen LogP contribution is 2.23. The topological polar surface area (TPSA) is 81.7 Å². The number of nitrogens with zero attached hydrogens (tertiary/aromatic N) is 2. The number of fused-ring (bicyclic) bond motifs is 1. The van der Waals surface area contributed by atoms with Crippen molar-refractivity contribution in [3.05, 3.63) is 59.1 Å². The Bertz CT molecular complexity index is 773. The summed E-state index contributed by atoms with van der Waals surface area (Å²) in [5, 5.41) is 7.55. The molecule has 1 atom stereocenters. The van der Waals surface area contributed by atoms with Crippen LogP contribution in [0.5, 0.6) is 0 Å². The summed E-state index contributed by atoms with van der Waals surface area (Å²) in [5.74, 6) is 0. The van der Waals surface area contributed by atoms with Crippen LogP contribution in [0.2, 0.25) is 0 Å². The molecule has 6 heteroatoms. The lowest BCUT2D eigenvalue weighted by Gasteiger charge is -2.09. The van der Waals surface area contributed by atoms with Crippen LogP contribution in [0, 0.1) is 0 Å². The first-order chi connectivity index (χ1) is 9.27. The van der Waals surface area contributed by atoms with Crippen LogP contribution < -0.4 is 5.56 Å². The molecule has 0 spiro atoms. The molecule has 2 aromatic heterocycles. The van der Waals surface area contributed by atoms with Crippen molar-refractivity contribution in [2.75, 3.05) is 0 Å². The van der Waals surface area contributed by atoms with Gasteiger partial charge in [-0.3, -0.25) is 9.78 Å². The van der Waals surface area contributed by atoms with Gasteiger partial charge in [-0.1, -0.05) is 18.2 Å². The molecule has 1 aromatic carbocycles. The quantitative estimate of drug-likeness (QED) is 0.716. The Morgan fingerprint density at radius 3 is 2.68 bits per heavy atom. The molecule has 0 saturated carbocycles. The van der Waals surface area contributed by atoms with Crippen LogP contribution >= 0.6 is 0 Å². The highest BCUT2D eigenvalue weighted by atomic mass is 32.2. The second-order valence-electron chi connectivity index (χ2n) is 3.86. The zero-order chi connectivity index (χ0) is 13.2. The zero-order valence-corrected chi connectivity index (χ0v) is 10.6. The van der Waals surface area contributed by atoms with Gasteiger partial charge in [0.25, 0.3) is 10.6 Å². The molecular formula is C13H9N3O2S. The molecular weight excluding hydrogens is 262 g/mol. The van der Waals surface area contributed by atoms with Gasteiger partial charge in [-0.2, -0.15) is 0 Å². The predicted molar refractivity (Wildman–Crippen MR) is 71.3 cm³/mol. The lowest BCUT2D eigenvalue weighted by Crippen LogP contribution is -2.14. The first-order valence-electron chi connectivity index (χ1n) is 5.56. The van der Waals surface area contributed by atoms with Crippen LogP contribution in [-0.2, 0) is 11.2 Å². The van der Waals surface area contributed by atoms with Gasteiger partial charge >= 0.3 is 0 Å². The fourth-order valence-corrected chi connectivity index (χ4v) is 2.91. The van der Waals surface area contributed by atoms with Crippen LogP contribution in [0.15, 0.2) is 63.5 Å². The van der Waals surface area contributed by atoms with E-state index >= 15 is 0 Å². The average Bonchev–Trinajstić information content (AvgIpc) is 2.48. The minimum absolute atomic E-state index is 0.336. The van der Waals surface area contributed by atoms with Crippen molar-refractivity contribution in [2.45, 2.75) is 9.92 Å². The third-order valence-electron chi connectivity index (χ3n) is 2.69. The molecule has 0 radical (unpaired) electrons. The van der Waals surface area contributed by atoms with Gasteiger partial charge in [0.15, 0.2) is 4.90 Å². The third-order valence-corrected chi connectivity index (χ3v) is 4.05. The van der Waals surface area contributed by atoms with Gasteiger partial charge in [0.2, 0.25) is 0 Å². The second-order valence-corrected chi connectivity index (χ2v) is 5.26. The van der Waals surface area contributed by atoms with Crippen LogP contribution in [-0.4, -0.2) is 19.7 Å². The molecule has 3 aromatic rings. The van der Waals surface area contributed by atoms with E-state index in [9.17, 15) is 9.35 Å². The van der Waals surface area contributed by atoms with Crippen LogP contribution in [0.1, 0.15) is 0 Å². The number of pyridine rings is 1. The van der Waals surface area contributed by atoms with E-state index in [4.69, 9.17) is 0 Å². The van der Waals surface area contributed by atoms with Crippen molar-refractivity contribution in [2.24, 2.45) is 0 Å². The molecule has 0 aliphatic heterocycles. The number of benzene rings is 1. The molecule has 0 aliphatic carbocycles. The maximum absolute atomic E-state index is 12.5. The summed E-state index contributed by atoms with van der Waals surface area (Å²) < 4.78 is 12.5. The predicted octanol–water partition coefficient (Wildman–Crippen LogP) is 1.48. The summed E-state index contributed by atoms with van der Waals surface area (Å²) in [4.78, 5) is 16.2. The number of nitrogens with one attached hydrogen (secondary N) is 1. The molecule has 1 N–H and O–H groups in total. The lowest BCUT2D eigenvalue weighted by molar-refractivity contribution is 0.590. The van der Waals surface area contributed by atoms with Crippen molar-refractivity contribution in [1.29, 1.82) is 0 Å². The Morgan fingerprint density at radius 2 is 1.89 bits per heavy atom. The molecule has 1 unspecified atom stereocenters. The molecule has 94 valence electrons. The number of hydrogen-bond acceptors (Lipinski definition) is 4. The van der Waals surface area contributed by atoms with E-state index in [2.05, 4.69) is 15.2 Å². The number of aromatic amines is 1. The highest BCUT2D eigenvalue weighted by Gasteiger charge is 2.21. The zero-order valence-electron chi connectivity index (χ0n) is 9.74. The van der Waals surface area contributed by atoms with Gasteiger partial charge < -0.3 is 4.55 Å². The lowest BCUT2D eigenvalue weighted by atomic mass is 10.2.